The minimum Gasteiger partial charge on any atom is -0.494 e. The van der Waals surface area contributed by atoms with Crippen molar-refractivity contribution in [1.82, 2.24) is 4.90 Å². The lowest BCUT2D eigenvalue weighted by Gasteiger charge is -2.31. The van der Waals surface area contributed by atoms with E-state index in [2.05, 4.69) is 6.92 Å². The molecule has 110 valence electrons. The van der Waals surface area contributed by atoms with Gasteiger partial charge in [0.25, 0.3) is 0 Å². The first kappa shape index (κ1) is 15.2. The van der Waals surface area contributed by atoms with Crippen molar-refractivity contribution in [1.29, 1.82) is 0 Å². The van der Waals surface area contributed by atoms with Crippen molar-refractivity contribution in [3.05, 3.63) is 29.3 Å². The molecule has 0 aromatic heterocycles. The number of piperidine rings is 1. The maximum atomic E-state index is 12.1. The number of hydrogen-bond acceptors (Lipinski definition) is 2. The number of benzene rings is 1. The van der Waals surface area contributed by atoms with Crippen molar-refractivity contribution >= 4 is 17.5 Å². The number of ether oxygens (including phenoxy) is 1. The van der Waals surface area contributed by atoms with Gasteiger partial charge in [0, 0.05) is 24.5 Å². The number of likely N-dealkylation sites (tertiary alicyclic amines) is 1. The van der Waals surface area contributed by atoms with Gasteiger partial charge in [-0.2, -0.15) is 0 Å². The molecule has 0 spiro atoms. The molecule has 0 saturated carbocycles. The largest absolute Gasteiger partial charge is 0.494 e. The first-order valence-corrected chi connectivity index (χ1v) is 7.69. The average Bonchev–Trinajstić information content (AvgIpc) is 2.45. The van der Waals surface area contributed by atoms with Crippen molar-refractivity contribution in [2.45, 2.75) is 32.6 Å². The van der Waals surface area contributed by atoms with Gasteiger partial charge in [-0.05, 0) is 49.4 Å². The lowest BCUT2D eigenvalue weighted by Crippen LogP contribution is -2.39. The minimum absolute atomic E-state index is 0.260. The van der Waals surface area contributed by atoms with Crippen LogP contribution < -0.4 is 4.74 Å². The van der Waals surface area contributed by atoms with E-state index in [9.17, 15) is 4.79 Å². The SMILES string of the molecule is C[C@@H]1CCCN(C(=O)CCCOc2ccc(Cl)cc2)C1. The number of carbonyl (C=O) groups is 1. The predicted octanol–water partition coefficient (Wildman–Crippen LogP) is 3.76. The summed E-state index contributed by atoms with van der Waals surface area (Å²) < 4.78 is 5.59. The molecule has 0 N–H and O–H groups in total. The summed E-state index contributed by atoms with van der Waals surface area (Å²) in [5, 5.41) is 0.701. The number of hydrogen-bond donors (Lipinski definition) is 0. The second-order valence-corrected chi connectivity index (χ2v) is 5.93. The molecule has 1 atom stereocenters. The van der Waals surface area contributed by atoms with Crippen LogP contribution in [0.5, 0.6) is 5.75 Å². The van der Waals surface area contributed by atoms with Gasteiger partial charge in [-0.1, -0.05) is 18.5 Å². The summed E-state index contributed by atoms with van der Waals surface area (Å²) in [6.45, 7) is 4.61. The lowest BCUT2D eigenvalue weighted by molar-refractivity contribution is -0.133. The number of carbonyl (C=O) groups excluding carboxylic acids is 1. The van der Waals surface area contributed by atoms with E-state index in [4.69, 9.17) is 16.3 Å². The van der Waals surface area contributed by atoms with Crippen molar-refractivity contribution in [3.8, 4) is 5.75 Å². The monoisotopic (exact) mass is 295 g/mol. The Morgan fingerprint density at radius 3 is 2.85 bits per heavy atom. The molecule has 1 amide bonds. The van der Waals surface area contributed by atoms with Crippen LogP contribution in [0.2, 0.25) is 5.02 Å². The summed E-state index contributed by atoms with van der Waals surface area (Å²) in [5.74, 6) is 1.70. The fourth-order valence-corrected chi connectivity index (χ4v) is 2.64. The van der Waals surface area contributed by atoms with E-state index in [0.29, 0.717) is 24.0 Å². The summed E-state index contributed by atoms with van der Waals surface area (Å²) in [7, 11) is 0. The van der Waals surface area contributed by atoms with Crippen molar-refractivity contribution in [3.63, 3.8) is 0 Å². The molecule has 1 aliphatic rings. The zero-order chi connectivity index (χ0) is 14.4. The molecule has 1 fully saturated rings. The fourth-order valence-electron chi connectivity index (χ4n) is 2.52. The molecule has 1 heterocycles. The Morgan fingerprint density at radius 1 is 1.40 bits per heavy atom. The first-order chi connectivity index (χ1) is 9.65. The van der Waals surface area contributed by atoms with E-state index < -0.39 is 0 Å². The highest BCUT2D eigenvalue weighted by Crippen LogP contribution is 2.17. The second kappa shape index (κ2) is 7.53. The van der Waals surface area contributed by atoms with Crippen LogP contribution in [0.3, 0.4) is 0 Å². The van der Waals surface area contributed by atoms with Gasteiger partial charge >= 0.3 is 0 Å². The Balaban J connectivity index is 1.65. The predicted molar refractivity (Wildman–Crippen MR) is 81.2 cm³/mol. The Hall–Kier alpha value is -1.22. The Bertz CT molecular complexity index is 433. The van der Waals surface area contributed by atoms with Crippen molar-refractivity contribution < 1.29 is 9.53 Å². The first-order valence-electron chi connectivity index (χ1n) is 7.31. The van der Waals surface area contributed by atoms with E-state index >= 15 is 0 Å². The zero-order valence-corrected chi connectivity index (χ0v) is 12.7. The third-order valence-electron chi connectivity index (χ3n) is 3.63. The van der Waals surface area contributed by atoms with Crippen LogP contribution in [0.1, 0.15) is 32.6 Å². The highest BCUT2D eigenvalue weighted by molar-refractivity contribution is 6.30. The molecule has 0 radical (unpaired) electrons. The Kier molecular flexibility index (Phi) is 5.72. The molecule has 4 heteroatoms. The van der Waals surface area contributed by atoms with Gasteiger partial charge in [-0.3, -0.25) is 4.79 Å². The minimum atomic E-state index is 0.260. The number of amides is 1. The normalized spacial score (nSPS) is 18.9. The van der Waals surface area contributed by atoms with E-state index in [0.717, 1.165) is 31.7 Å². The van der Waals surface area contributed by atoms with Crippen LogP contribution in [-0.2, 0) is 4.79 Å². The average molecular weight is 296 g/mol. The molecule has 1 aromatic carbocycles. The van der Waals surface area contributed by atoms with Gasteiger partial charge in [0.2, 0.25) is 5.91 Å². The van der Waals surface area contributed by atoms with Crippen molar-refractivity contribution in [2.24, 2.45) is 5.92 Å². The van der Waals surface area contributed by atoms with E-state index in [-0.39, 0.29) is 5.91 Å². The van der Waals surface area contributed by atoms with Crippen LogP contribution in [0, 0.1) is 5.92 Å². The summed E-state index contributed by atoms with van der Waals surface area (Å²) in [5.41, 5.74) is 0. The highest BCUT2D eigenvalue weighted by Gasteiger charge is 2.20. The molecular formula is C16H22ClNO2. The van der Waals surface area contributed by atoms with Gasteiger partial charge in [-0.15, -0.1) is 0 Å². The van der Waals surface area contributed by atoms with Crippen LogP contribution in [0.25, 0.3) is 0 Å². The van der Waals surface area contributed by atoms with Gasteiger partial charge in [-0.25, -0.2) is 0 Å². The molecule has 1 aliphatic heterocycles. The van der Waals surface area contributed by atoms with Crippen LogP contribution >= 0.6 is 11.6 Å². The summed E-state index contributed by atoms with van der Waals surface area (Å²) >= 11 is 5.81. The summed E-state index contributed by atoms with van der Waals surface area (Å²) in [6.07, 6.45) is 3.70. The van der Waals surface area contributed by atoms with Crippen molar-refractivity contribution in [2.75, 3.05) is 19.7 Å². The quantitative estimate of drug-likeness (QED) is 0.774. The smallest absolute Gasteiger partial charge is 0.222 e. The molecule has 2 rings (SSSR count). The van der Waals surface area contributed by atoms with Crippen LogP contribution in [-0.4, -0.2) is 30.5 Å². The van der Waals surface area contributed by atoms with E-state index in [1.165, 1.54) is 6.42 Å². The molecule has 1 aromatic rings. The summed E-state index contributed by atoms with van der Waals surface area (Å²) in [6, 6.07) is 7.29. The molecule has 3 nitrogen and oxygen atoms in total. The fraction of sp³-hybridized carbons (Fsp3) is 0.562. The highest BCUT2D eigenvalue weighted by atomic mass is 35.5. The van der Waals surface area contributed by atoms with E-state index in [1.54, 1.807) is 12.1 Å². The molecule has 20 heavy (non-hydrogen) atoms. The van der Waals surface area contributed by atoms with Gasteiger partial charge in [0.1, 0.15) is 5.75 Å². The third kappa shape index (κ3) is 4.71. The molecule has 0 unspecified atom stereocenters. The number of nitrogens with zero attached hydrogens (tertiary/aromatic N) is 1. The maximum Gasteiger partial charge on any atom is 0.222 e. The van der Waals surface area contributed by atoms with Gasteiger partial charge < -0.3 is 9.64 Å². The molecule has 0 bridgehead atoms. The maximum absolute atomic E-state index is 12.1. The third-order valence-corrected chi connectivity index (χ3v) is 3.88. The van der Waals surface area contributed by atoms with E-state index in [1.807, 2.05) is 17.0 Å². The van der Waals surface area contributed by atoms with Crippen LogP contribution in [0.4, 0.5) is 0 Å². The molecule has 0 aliphatic carbocycles. The topological polar surface area (TPSA) is 29.5 Å². The molecular weight excluding hydrogens is 274 g/mol. The van der Waals surface area contributed by atoms with Gasteiger partial charge in [0.05, 0.1) is 6.61 Å². The number of halogens is 1. The second-order valence-electron chi connectivity index (χ2n) is 5.49. The Morgan fingerprint density at radius 2 is 2.15 bits per heavy atom. The van der Waals surface area contributed by atoms with Gasteiger partial charge in [0.15, 0.2) is 0 Å². The summed E-state index contributed by atoms with van der Waals surface area (Å²) in [4.78, 5) is 14.0. The molecule has 1 saturated heterocycles. The lowest BCUT2D eigenvalue weighted by atomic mass is 10.00. The number of rotatable bonds is 5. The zero-order valence-electron chi connectivity index (χ0n) is 12.0. The standard InChI is InChI=1S/C16H22ClNO2/c1-13-4-2-10-18(12-13)16(19)5-3-11-20-15-8-6-14(17)7-9-15/h6-9,13H,2-5,10-12H2,1H3/t13-/m1/s1. The Labute approximate surface area is 125 Å². The van der Waals surface area contributed by atoms with Crippen LogP contribution in [0.15, 0.2) is 24.3 Å².